The van der Waals surface area contributed by atoms with Gasteiger partial charge in [-0.3, -0.25) is 14.4 Å². The maximum atomic E-state index is 13.0. The first-order valence-electron chi connectivity index (χ1n) is 48.2. The normalized spacial score (nSPS) is 14.0. The summed E-state index contributed by atoms with van der Waals surface area (Å²) in [5.41, 5.74) is 32.1. The third kappa shape index (κ3) is 29.3. The van der Waals surface area contributed by atoms with E-state index in [9.17, 15) is 21.6 Å². The highest BCUT2D eigenvalue weighted by Gasteiger charge is 2.24. The van der Waals surface area contributed by atoms with E-state index in [2.05, 4.69) is 199 Å². The zero-order valence-electron chi connectivity index (χ0n) is 81.9. The molecule has 6 aromatic carbocycles. The summed E-state index contributed by atoms with van der Waals surface area (Å²) in [5.74, 6) is 0.608. The number of carbonyl (C=O) groups excluding carboxylic acids is 1. The molecule has 13 heterocycles. The van der Waals surface area contributed by atoms with Crippen molar-refractivity contribution in [2.45, 2.75) is 124 Å². The van der Waals surface area contributed by atoms with E-state index in [1.54, 1.807) is 43.9 Å². The highest BCUT2D eigenvalue weighted by atomic mass is 35.5. The number of anilines is 11. The molecule has 3 fully saturated rings. The van der Waals surface area contributed by atoms with Gasteiger partial charge in [0.1, 0.15) is 48.9 Å². The Morgan fingerprint density at radius 3 is 1.39 bits per heavy atom. The van der Waals surface area contributed by atoms with Crippen molar-refractivity contribution in [3.05, 3.63) is 295 Å². The number of rotatable bonds is 29. The van der Waals surface area contributed by atoms with E-state index >= 15 is 0 Å². The lowest BCUT2D eigenvalue weighted by molar-refractivity contribution is 0.0992. The van der Waals surface area contributed by atoms with Crippen molar-refractivity contribution in [1.29, 1.82) is 0 Å². The van der Waals surface area contributed by atoms with Crippen molar-refractivity contribution < 1.29 is 26.4 Å². The number of benzene rings is 6. The number of sulfonamides is 1. The number of ketones is 1. The molecular formula is C107H117Cl3N26O6S2. The zero-order chi connectivity index (χ0) is 101. The molecule has 32 nitrogen and oxygen atoms in total. The summed E-state index contributed by atoms with van der Waals surface area (Å²) in [6.07, 6.45) is 26.6. The van der Waals surface area contributed by atoms with Crippen LogP contribution in [0.25, 0.3) is 61.9 Å². The highest BCUT2D eigenvalue weighted by molar-refractivity contribution is 7.92. The number of nitrogens with two attached hydrogens (primary N) is 1. The quantitative estimate of drug-likeness (QED) is 0.0214. The third-order valence-electron chi connectivity index (χ3n) is 24.4. The van der Waals surface area contributed by atoms with Crippen molar-refractivity contribution in [3.8, 4) is 5.88 Å². The molecule has 10 aromatic heterocycles. The minimum absolute atomic E-state index is 0.132. The van der Waals surface area contributed by atoms with Crippen molar-refractivity contribution in [1.82, 2.24) is 94.4 Å². The topological polar surface area (TPSA) is 399 Å². The van der Waals surface area contributed by atoms with Crippen molar-refractivity contribution in [2.24, 2.45) is 5.73 Å². The summed E-state index contributed by atoms with van der Waals surface area (Å²) in [6, 6.07) is 56.1. The van der Waals surface area contributed by atoms with Gasteiger partial charge in [-0.25, -0.2) is 86.6 Å². The van der Waals surface area contributed by atoms with Crippen LogP contribution in [0.3, 0.4) is 0 Å². The van der Waals surface area contributed by atoms with Crippen LogP contribution in [0.5, 0.6) is 5.88 Å². The van der Waals surface area contributed by atoms with E-state index < -0.39 is 19.9 Å². The molecule has 0 unspecified atom stereocenters. The van der Waals surface area contributed by atoms with Gasteiger partial charge in [0.05, 0.1) is 89.4 Å². The number of likely N-dealkylation sites (tertiary alicyclic amines) is 2. The van der Waals surface area contributed by atoms with E-state index in [0.29, 0.717) is 108 Å². The Bertz CT molecular complexity index is 7560. The second-order valence-corrected chi connectivity index (χ2v) is 41.4. The molecule has 37 heteroatoms. The fraction of sp³-hybridized carbons (Fsp3) is 0.308. The molecule has 3 saturated heterocycles. The molecule has 1 aliphatic carbocycles. The Kier molecular flexibility index (Phi) is 34.9. The van der Waals surface area contributed by atoms with Crippen LogP contribution in [0.15, 0.2) is 207 Å². The standard InChI is InChI=1S/C26H23N5O.C24H31ClN6O2S.C21H24ClN5.C21H26N6O2S.C15H13ClN4O/c1-16-11-23(25-26(29-16)31-20(14-27)15-28-25)30-19-8-2-5-17(12-19)13-24(32)22-10-4-7-18-6-3-9-21(18)22;1-3-8-30-10-12-31(13-11-30)9-7-18-5-4-6-19(14-18)27-21-15-20(17-34(2,32)33)28-24-23(21)26-16-22(25)29-24;1-15-12-18(20-21(24-15)26-19(22)14-23-20)25-17-7-5-6-16(13-17)8-11-27-9-3-2-4-10-27;1-15-13-22-20-18(12-19(25-21(20)23-15)26-30(2,28)29)24-17-8-6-7-16(11-17)14-27-9-4-3-5-10-27;1-9-4-3-5-10(6-9)18-11-7-13(21-2)20-15-14(11)17-8-12(16)19-15/h2-8,10-12,15H,9,13-14,27H2,1H3,(H,29,30,31);4-6,14-16H,3,7-13,17H2,1-2H3,(H,27,28,29);5-7,12-14H,2-4,8-11H2,1H3,(H,24,25,26);6-8,11-13H,3-5,9-10,14H2,1-2H3,(H2,23,24,25,26);3-8H,1-2H3,(H,18,19,20). The molecule has 0 amide bonds. The first-order valence-corrected chi connectivity index (χ1v) is 53.3. The molecule has 20 rings (SSSR count). The van der Waals surface area contributed by atoms with Gasteiger partial charge in [-0.15, -0.1) is 0 Å². The number of ether oxygens (including phenoxy) is 1. The lowest BCUT2D eigenvalue weighted by atomic mass is 9.95. The predicted molar refractivity (Wildman–Crippen MR) is 578 cm³/mol. The molecule has 0 atom stereocenters. The summed E-state index contributed by atoms with van der Waals surface area (Å²) in [7, 11) is -5.16. The first-order chi connectivity index (χ1) is 69.6. The van der Waals surface area contributed by atoms with Gasteiger partial charge < -0.3 is 51.8 Å². The monoisotopic (exact) mass is 2030 g/mol. The molecule has 0 bridgehead atoms. The number of carbonyl (C=O) groups is 1. The average Bonchev–Trinajstić information content (AvgIpc) is 1.10. The van der Waals surface area contributed by atoms with Crippen molar-refractivity contribution in [2.75, 3.05) is 123 Å². The Labute approximate surface area is 853 Å². The molecule has 16 aromatic rings. The predicted octanol–water partition coefficient (Wildman–Crippen LogP) is 20.0. The van der Waals surface area contributed by atoms with Gasteiger partial charge in [-0.1, -0.05) is 146 Å². The molecule has 0 saturated carbocycles. The number of nitrogens with one attached hydrogen (secondary N) is 6. The summed E-state index contributed by atoms with van der Waals surface area (Å²) >= 11 is 17.8. The van der Waals surface area contributed by atoms with Crippen LogP contribution in [0.1, 0.15) is 130 Å². The molecule has 4 aliphatic rings. The van der Waals surface area contributed by atoms with Crippen molar-refractivity contribution in [3.63, 3.8) is 0 Å². The highest BCUT2D eigenvalue weighted by Crippen LogP contribution is 2.35. The number of sulfone groups is 1. The van der Waals surface area contributed by atoms with Crippen LogP contribution in [0.4, 0.5) is 62.7 Å². The molecule has 8 N–H and O–H groups in total. The fourth-order valence-electron chi connectivity index (χ4n) is 17.7. The molecule has 744 valence electrons. The maximum absolute atomic E-state index is 13.0. The van der Waals surface area contributed by atoms with Gasteiger partial charge in [0.2, 0.25) is 15.9 Å². The number of pyridine rings is 5. The van der Waals surface area contributed by atoms with Crippen LogP contribution in [-0.2, 0) is 64.4 Å². The number of hydrogen-bond donors (Lipinski definition) is 7. The lowest BCUT2D eigenvalue weighted by Gasteiger charge is -2.34. The summed E-state index contributed by atoms with van der Waals surface area (Å²) in [6.45, 7) is 23.8. The number of methoxy groups -OCH3 is 1. The number of Topliss-reactive ketones (excluding diaryl/α,β-unsaturated/α-hetero) is 1. The number of piperidine rings is 2. The van der Waals surface area contributed by atoms with Crippen LogP contribution in [-0.4, -0.2) is 209 Å². The Balaban J connectivity index is 0.000000130. The Hall–Kier alpha value is -13.7. The summed E-state index contributed by atoms with van der Waals surface area (Å²) in [5, 5.41) is 17.8. The number of fused-ring (bicyclic) bond motifs is 6. The smallest absolute Gasteiger partial charge is 0.230 e. The van der Waals surface area contributed by atoms with E-state index in [1.807, 2.05) is 125 Å². The summed E-state index contributed by atoms with van der Waals surface area (Å²) < 4.78 is 54.7. The number of aryl methyl sites for hydroxylation is 4. The number of aromatic nitrogens is 15. The summed E-state index contributed by atoms with van der Waals surface area (Å²) in [4.78, 5) is 88.6. The van der Waals surface area contributed by atoms with E-state index in [1.165, 1.54) is 105 Å². The van der Waals surface area contributed by atoms with Gasteiger partial charge in [0, 0.05) is 129 Å². The van der Waals surface area contributed by atoms with E-state index in [4.69, 9.17) is 45.3 Å². The van der Waals surface area contributed by atoms with Crippen LogP contribution >= 0.6 is 34.8 Å². The van der Waals surface area contributed by atoms with Crippen LogP contribution in [0.2, 0.25) is 15.5 Å². The largest absolute Gasteiger partial charge is 0.481 e. The fourth-order valence-corrected chi connectivity index (χ4v) is 19.3. The third-order valence-corrected chi connectivity index (χ3v) is 26.4. The molecule has 0 radical (unpaired) electrons. The number of halogens is 3. The minimum atomic E-state index is -3.46. The second kappa shape index (κ2) is 48.6. The molecule has 144 heavy (non-hydrogen) atoms. The van der Waals surface area contributed by atoms with Gasteiger partial charge >= 0.3 is 0 Å². The van der Waals surface area contributed by atoms with E-state index in [-0.39, 0.29) is 22.5 Å². The number of nitrogens with zero attached hydrogens (tertiary/aromatic N) is 19. The maximum Gasteiger partial charge on any atom is 0.230 e. The molecule has 3 aliphatic heterocycles. The van der Waals surface area contributed by atoms with Gasteiger partial charge in [0.15, 0.2) is 43.9 Å². The number of hydrogen-bond acceptors (Lipinski definition) is 31. The van der Waals surface area contributed by atoms with Gasteiger partial charge in [0.25, 0.3) is 0 Å². The van der Waals surface area contributed by atoms with Crippen LogP contribution < -0.4 is 41.8 Å². The number of allylic oxidation sites excluding steroid dienone is 1. The second-order valence-electron chi connectivity index (χ2n) is 36.3. The Morgan fingerprint density at radius 2 is 0.854 bits per heavy atom. The Morgan fingerprint density at radius 1 is 0.424 bits per heavy atom. The van der Waals surface area contributed by atoms with Crippen molar-refractivity contribution >= 4 is 185 Å². The molecular weight excluding hydrogens is 1920 g/mol. The SMILES string of the molecule is CCCN1CCN(CCc2cccc(Nc3cc(CS(C)(=O)=O)nc4nc(Cl)cnc34)c2)CC1.COc1cc(Nc2cccc(C)c2)c2ncc(Cl)nc2n1.Cc1cc(Nc2cccc(CC(=O)c3cccc4c3CC=C4)c2)c2ncc(CN)nc2n1.Cc1cc(Nc2cccc(CCN3CCCCC3)c2)c2ncc(Cl)nc2n1.Cc1cnc2c(Nc3cccc(CN4CCCCC4)c3)cc(NS(C)(=O)=O)nc2n1. The van der Waals surface area contributed by atoms with Crippen LogP contribution in [0, 0.1) is 27.7 Å². The number of piperazine rings is 1. The zero-order valence-corrected chi connectivity index (χ0v) is 85.8. The van der Waals surface area contributed by atoms with Gasteiger partial charge in [-0.2, -0.15) is 4.98 Å². The first kappa shape index (κ1) is 103. The minimum Gasteiger partial charge on any atom is -0.481 e. The van der Waals surface area contributed by atoms with Gasteiger partial charge in [-0.05, 0) is 230 Å². The molecule has 0 spiro atoms. The van der Waals surface area contributed by atoms with E-state index in [0.717, 1.165) is 169 Å². The lowest BCUT2D eigenvalue weighted by Crippen LogP contribution is -2.46. The average molecular weight is 2030 g/mol.